The third-order valence-electron chi connectivity index (χ3n) is 3.49. The number of aryl methyl sites for hydroxylation is 2. The topological polar surface area (TPSA) is 92.7 Å². The van der Waals surface area contributed by atoms with E-state index in [4.69, 9.17) is 9.84 Å². The van der Waals surface area contributed by atoms with E-state index in [-0.39, 0.29) is 18.1 Å². The van der Waals surface area contributed by atoms with Crippen LogP contribution in [0.1, 0.15) is 11.1 Å². The Hall–Kier alpha value is -1.44. The summed E-state index contributed by atoms with van der Waals surface area (Å²) >= 11 is 0. The van der Waals surface area contributed by atoms with Crippen LogP contribution in [0.5, 0.6) is 0 Å². The molecule has 7 heteroatoms. The molecule has 2 atom stereocenters. The van der Waals surface area contributed by atoms with Crippen molar-refractivity contribution in [2.45, 2.75) is 24.8 Å². The van der Waals surface area contributed by atoms with Gasteiger partial charge < -0.3 is 9.84 Å². The van der Waals surface area contributed by atoms with E-state index in [1.54, 1.807) is 12.1 Å². The summed E-state index contributed by atoms with van der Waals surface area (Å²) in [6.07, 6.45) is 0. The third kappa shape index (κ3) is 3.00. The van der Waals surface area contributed by atoms with Crippen LogP contribution in [0.4, 0.5) is 0 Å². The highest BCUT2D eigenvalue weighted by atomic mass is 32.2. The molecular weight excluding hydrogens is 282 g/mol. The monoisotopic (exact) mass is 299 g/mol. The van der Waals surface area contributed by atoms with Crippen LogP contribution in [0.25, 0.3) is 0 Å². The molecule has 2 N–H and O–H groups in total. The van der Waals surface area contributed by atoms with E-state index in [1.165, 1.54) is 6.07 Å². The Morgan fingerprint density at radius 1 is 1.30 bits per heavy atom. The third-order valence-corrected chi connectivity index (χ3v) is 4.98. The molecular formula is C13H17NO5S. The maximum atomic E-state index is 12.3. The number of sulfonamides is 1. The Bertz CT molecular complexity index is 626. The second kappa shape index (κ2) is 5.51. The van der Waals surface area contributed by atoms with Gasteiger partial charge in [-0.05, 0) is 37.1 Å². The number of carbonyl (C=O) groups is 1. The molecule has 1 aromatic rings. The van der Waals surface area contributed by atoms with E-state index >= 15 is 0 Å². The van der Waals surface area contributed by atoms with Crippen molar-refractivity contribution >= 4 is 16.0 Å². The summed E-state index contributed by atoms with van der Waals surface area (Å²) in [4.78, 5) is 11.2. The van der Waals surface area contributed by atoms with Gasteiger partial charge >= 0.3 is 5.97 Å². The van der Waals surface area contributed by atoms with Crippen LogP contribution in [0.2, 0.25) is 0 Å². The molecule has 1 aliphatic heterocycles. The Morgan fingerprint density at radius 3 is 2.60 bits per heavy atom. The summed E-state index contributed by atoms with van der Waals surface area (Å²) in [5.41, 5.74) is 1.86. The molecule has 0 aliphatic carbocycles. The van der Waals surface area contributed by atoms with Gasteiger partial charge in [0.25, 0.3) is 0 Å². The van der Waals surface area contributed by atoms with Crippen molar-refractivity contribution in [3.63, 3.8) is 0 Å². The van der Waals surface area contributed by atoms with Gasteiger partial charge in [0.2, 0.25) is 10.0 Å². The van der Waals surface area contributed by atoms with Crippen molar-refractivity contribution in [3.05, 3.63) is 29.3 Å². The van der Waals surface area contributed by atoms with Gasteiger partial charge in [-0.15, -0.1) is 0 Å². The van der Waals surface area contributed by atoms with Gasteiger partial charge in [0, 0.05) is 0 Å². The second-order valence-corrected chi connectivity index (χ2v) is 6.67. The number of carboxylic acids is 1. The zero-order valence-corrected chi connectivity index (χ0v) is 12.1. The molecule has 110 valence electrons. The van der Waals surface area contributed by atoms with Crippen molar-refractivity contribution in [2.75, 3.05) is 13.2 Å². The van der Waals surface area contributed by atoms with E-state index in [9.17, 15) is 13.2 Å². The largest absolute Gasteiger partial charge is 0.481 e. The number of hydrogen-bond donors (Lipinski definition) is 2. The van der Waals surface area contributed by atoms with Crippen LogP contribution < -0.4 is 4.72 Å². The summed E-state index contributed by atoms with van der Waals surface area (Å²) in [6, 6.07) is 4.07. The number of aliphatic carboxylic acids is 1. The lowest BCUT2D eigenvalue weighted by Gasteiger charge is -2.16. The highest BCUT2D eigenvalue weighted by Crippen LogP contribution is 2.19. The molecule has 0 radical (unpaired) electrons. The highest BCUT2D eigenvalue weighted by molar-refractivity contribution is 7.89. The molecule has 1 aromatic carbocycles. The van der Waals surface area contributed by atoms with Gasteiger partial charge in [-0.1, -0.05) is 6.07 Å². The zero-order valence-electron chi connectivity index (χ0n) is 11.3. The van der Waals surface area contributed by atoms with Crippen molar-refractivity contribution < 1.29 is 23.1 Å². The van der Waals surface area contributed by atoms with Crippen LogP contribution in [0.3, 0.4) is 0 Å². The fraction of sp³-hybridized carbons (Fsp3) is 0.462. The standard InChI is InChI=1S/C13H17NO5S/c1-8-3-4-10(5-9(8)2)20(17,18)14-12-7-19-6-11(12)13(15)16/h3-5,11-12,14H,6-7H2,1-2H3,(H,15,16). The Labute approximate surface area is 117 Å². The number of hydrogen-bond acceptors (Lipinski definition) is 4. The van der Waals surface area contributed by atoms with Crippen molar-refractivity contribution in [3.8, 4) is 0 Å². The highest BCUT2D eigenvalue weighted by Gasteiger charge is 2.36. The minimum atomic E-state index is -3.74. The van der Waals surface area contributed by atoms with Crippen LogP contribution in [-0.4, -0.2) is 38.7 Å². The SMILES string of the molecule is Cc1ccc(S(=O)(=O)NC2COCC2C(=O)O)cc1C. The van der Waals surface area contributed by atoms with E-state index in [0.717, 1.165) is 11.1 Å². The smallest absolute Gasteiger partial charge is 0.310 e. The van der Waals surface area contributed by atoms with Gasteiger partial charge in [0.15, 0.2) is 0 Å². The molecule has 20 heavy (non-hydrogen) atoms. The van der Waals surface area contributed by atoms with Crippen LogP contribution in [0.15, 0.2) is 23.1 Å². The van der Waals surface area contributed by atoms with Crippen molar-refractivity contribution in [1.82, 2.24) is 4.72 Å². The Balaban J connectivity index is 2.22. The van der Waals surface area contributed by atoms with Crippen LogP contribution >= 0.6 is 0 Å². The van der Waals surface area contributed by atoms with E-state index in [0.29, 0.717) is 0 Å². The lowest BCUT2D eigenvalue weighted by atomic mass is 10.1. The molecule has 1 saturated heterocycles. The molecule has 0 amide bonds. The number of carboxylic acid groups (broad SMARTS) is 1. The molecule has 0 bridgehead atoms. The molecule has 2 rings (SSSR count). The number of benzene rings is 1. The van der Waals surface area contributed by atoms with E-state index in [2.05, 4.69) is 4.72 Å². The zero-order chi connectivity index (χ0) is 14.9. The summed E-state index contributed by atoms with van der Waals surface area (Å²) in [6.45, 7) is 3.81. The second-order valence-electron chi connectivity index (χ2n) is 4.96. The van der Waals surface area contributed by atoms with Crippen molar-refractivity contribution in [1.29, 1.82) is 0 Å². The number of rotatable bonds is 4. The molecule has 1 aliphatic rings. The van der Waals surface area contributed by atoms with E-state index < -0.39 is 28.0 Å². The quantitative estimate of drug-likeness (QED) is 0.853. The first-order valence-corrected chi connectivity index (χ1v) is 7.70. The Kier molecular flexibility index (Phi) is 4.12. The summed E-state index contributed by atoms with van der Waals surface area (Å²) in [5.74, 6) is -1.91. The van der Waals surface area contributed by atoms with Gasteiger partial charge in [-0.2, -0.15) is 0 Å². The average molecular weight is 299 g/mol. The first-order chi connectivity index (χ1) is 9.31. The van der Waals surface area contributed by atoms with Gasteiger partial charge in [0.1, 0.15) is 0 Å². The Morgan fingerprint density at radius 2 is 2.00 bits per heavy atom. The minimum Gasteiger partial charge on any atom is -0.481 e. The fourth-order valence-corrected chi connectivity index (χ4v) is 3.41. The fourth-order valence-electron chi connectivity index (χ4n) is 2.06. The lowest BCUT2D eigenvalue weighted by molar-refractivity contribution is -0.142. The molecule has 0 spiro atoms. The maximum absolute atomic E-state index is 12.3. The predicted octanol–water partition coefficient (Wildman–Crippen LogP) is 0.681. The molecule has 2 unspecified atom stereocenters. The first kappa shape index (κ1) is 15.0. The van der Waals surface area contributed by atoms with Crippen LogP contribution in [0, 0.1) is 19.8 Å². The molecule has 0 saturated carbocycles. The normalized spacial score (nSPS) is 22.9. The van der Waals surface area contributed by atoms with Crippen molar-refractivity contribution in [2.24, 2.45) is 5.92 Å². The molecule has 6 nitrogen and oxygen atoms in total. The van der Waals surface area contributed by atoms with E-state index in [1.807, 2.05) is 13.8 Å². The minimum absolute atomic E-state index is 0.0233. The van der Waals surface area contributed by atoms with Gasteiger partial charge in [-0.3, -0.25) is 4.79 Å². The number of nitrogens with one attached hydrogen (secondary N) is 1. The molecule has 1 fully saturated rings. The molecule has 0 aromatic heterocycles. The number of ether oxygens (including phenoxy) is 1. The first-order valence-electron chi connectivity index (χ1n) is 6.21. The maximum Gasteiger partial charge on any atom is 0.310 e. The summed E-state index contributed by atoms with van der Waals surface area (Å²) in [7, 11) is -3.74. The molecule has 1 heterocycles. The summed E-state index contributed by atoms with van der Waals surface area (Å²) in [5, 5.41) is 9.02. The average Bonchev–Trinajstić information content (AvgIpc) is 2.80. The summed E-state index contributed by atoms with van der Waals surface area (Å²) < 4.78 is 32.0. The van der Waals surface area contributed by atoms with Gasteiger partial charge in [0.05, 0.1) is 30.1 Å². The van der Waals surface area contributed by atoms with Gasteiger partial charge in [-0.25, -0.2) is 13.1 Å². The van der Waals surface area contributed by atoms with Crippen LogP contribution in [-0.2, 0) is 19.6 Å². The predicted molar refractivity (Wildman–Crippen MR) is 72.0 cm³/mol. The lowest BCUT2D eigenvalue weighted by Crippen LogP contribution is -2.42.